The first kappa shape index (κ1) is 24.4. The van der Waals surface area contributed by atoms with Gasteiger partial charge in [-0.3, -0.25) is 4.79 Å². The molecular formula is C26H45NO5. The van der Waals surface area contributed by atoms with E-state index in [-0.39, 0.29) is 47.6 Å². The fourth-order valence-corrected chi connectivity index (χ4v) is 8.98. The van der Waals surface area contributed by atoms with Crippen molar-refractivity contribution in [3.63, 3.8) is 0 Å². The first-order valence-electron chi connectivity index (χ1n) is 13.0. The SMILES string of the molecule is C[C@H](CCC(=O)NCCO)[C@H]1CC[C@H]2[C@@H]3[C@H](O)C[C@@H]4C[C@H](O)CC[C@]4(C)[C@H]3C[C@H](O)[C@]12C. The van der Waals surface area contributed by atoms with Crippen molar-refractivity contribution in [2.45, 2.75) is 96.9 Å². The maximum absolute atomic E-state index is 12.0. The average Bonchev–Trinajstić information content (AvgIpc) is 3.11. The second-order valence-corrected chi connectivity index (χ2v) is 12.1. The van der Waals surface area contributed by atoms with Crippen LogP contribution < -0.4 is 5.32 Å². The highest BCUT2D eigenvalue weighted by Gasteiger charge is 2.65. The van der Waals surface area contributed by atoms with Crippen LogP contribution >= 0.6 is 0 Å². The van der Waals surface area contributed by atoms with Crippen LogP contribution in [0.1, 0.15) is 78.6 Å². The smallest absolute Gasteiger partial charge is 0.220 e. The number of aliphatic hydroxyl groups excluding tert-OH is 4. The molecule has 0 aliphatic heterocycles. The third-order valence-corrected chi connectivity index (χ3v) is 10.8. The summed E-state index contributed by atoms with van der Waals surface area (Å²) in [6.45, 7) is 7.09. The van der Waals surface area contributed by atoms with Crippen molar-refractivity contribution in [1.82, 2.24) is 5.32 Å². The van der Waals surface area contributed by atoms with Gasteiger partial charge in [-0.05, 0) is 97.7 Å². The molecule has 184 valence electrons. The van der Waals surface area contributed by atoms with Crippen molar-refractivity contribution >= 4 is 5.91 Å². The van der Waals surface area contributed by atoms with Gasteiger partial charge in [0.15, 0.2) is 0 Å². The highest BCUT2D eigenvalue weighted by Crippen LogP contribution is 2.68. The van der Waals surface area contributed by atoms with Crippen molar-refractivity contribution in [1.29, 1.82) is 0 Å². The number of rotatable bonds is 6. The summed E-state index contributed by atoms with van der Waals surface area (Å²) in [6.07, 6.45) is 6.48. The molecule has 0 saturated heterocycles. The van der Waals surface area contributed by atoms with E-state index in [0.29, 0.717) is 42.6 Å². The lowest BCUT2D eigenvalue weighted by Gasteiger charge is -2.63. The molecule has 4 saturated carbocycles. The Morgan fingerprint density at radius 2 is 1.81 bits per heavy atom. The van der Waals surface area contributed by atoms with E-state index >= 15 is 0 Å². The van der Waals surface area contributed by atoms with E-state index in [1.165, 1.54) is 0 Å². The molecule has 0 aromatic carbocycles. The van der Waals surface area contributed by atoms with Gasteiger partial charge < -0.3 is 25.7 Å². The third-order valence-electron chi connectivity index (χ3n) is 10.8. The van der Waals surface area contributed by atoms with Crippen LogP contribution in [-0.4, -0.2) is 57.8 Å². The van der Waals surface area contributed by atoms with Crippen LogP contribution in [-0.2, 0) is 4.79 Å². The van der Waals surface area contributed by atoms with Gasteiger partial charge in [0.2, 0.25) is 5.91 Å². The zero-order valence-electron chi connectivity index (χ0n) is 20.2. The van der Waals surface area contributed by atoms with Crippen molar-refractivity contribution in [2.24, 2.45) is 46.3 Å². The monoisotopic (exact) mass is 451 g/mol. The summed E-state index contributed by atoms with van der Waals surface area (Å²) in [5.74, 6) is 1.85. The van der Waals surface area contributed by atoms with Gasteiger partial charge in [-0.1, -0.05) is 20.8 Å². The van der Waals surface area contributed by atoms with Crippen LogP contribution in [0.15, 0.2) is 0 Å². The Morgan fingerprint density at radius 3 is 2.53 bits per heavy atom. The number of nitrogens with one attached hydrogen (secondary N) is 1. The maximum Gasteiger partial charge on any atom is 0.220 e. The molecule has 6 nitrogen and oxygen atoms in total. The summed E-state index contributed by atoms with van der Waals surface area (Å²) in [7, 11) is 0. The number of hydrogen-bond acceptors (Lipinski definition) is 5. The molecule has 0 unspecified atom stereocenters. The minimum atomic E-state index is -0.387. The topological polar surface area (TPSA) is 110 Å². The zero-order valence-corrected chi connectivity index (χ0v) is 20.2. The van der Waals surface area contributed by atoms with Crippen molar-refractivity contribution in [3.8, 4) is 0 Å². The molecule has 4 aliphatic rings. The molecule has 0 heterocycles. The lowest BCUT2D eigenvalue weighted by atomic mass is 9.43. The third kappa shape index (κ3) is 3.93. The minimum Gasteiger partial charge on any atom is -0.395 e. The fraction of sp³-hybridized carbons (Fsp3) is 0.962. The van der Waals surface area contributed by atoms with Crippen molar-refractivity contribution in [2.75, 3.05) is 13.2 Å². The second-order valence-electron chi connectivity index (χ2n) is 12.1. The number of aliphatic hydroxyl groups is 4. The normalized spacial score (nSPS) is 49.0. The van der Waals surface area contributed by atoms with Crippen molar-refractivity contribution < 1.29 is 25.2 Å². The quantitative estimate of drug-likeness (QED) is 0.426. The van der Waals surface area contributed by atoms with Gasteiger partial charge >= 0.3 is 0 Å². The number of carbonyl (C=O) groups excluding carboxylic acids is 1. The van der Waals surface area contributed by atoms with Gasteiger partial charge in [0.05, 0.1) is 24.9 Å². The Kier molecular flexibility index (Phi) is 7.00. The molecule has 4 aliphatic carbocycles. The highest BCUT2D eigenvalue weighted by atomic mass is 16.3. The van der Waals surface area contributed by atoms with Crippen LogP contribution in [0, 0.1) is 46.3 Å². The first-order chi connectivity index (χ1) is 15.1. The Balaban J connectivity index is 1.51. The standard InChI is InChI=1S/C26H45NO5/c1-15(4-7-23(32)27-10-11-28)18-5-6-19-24-20(14-22(31)26(18,19)3)25(2)9-8-17(29)12-16(25)13-21(24)30/h15-22,24,28-31H,4-14H2,1-3H3,(H,27,32)/t15-,16+,17-,18-,19+,20+,21-,22+,24+,25+,26-/m1/s1. The van der Waals surface area contributed by atoms with E-state index in [1.807, 2.05) is 0 Å². The molecule has 1 amide bonds. The molecule has 5 N–H and O–H groups in total. The number of amides is 1. The van der Waals surface area contributed by atoms with Gasteiger partial charge in [0, 0.05) is 13.0 Å². The molecule has 32 heavy (non-hydrogen) atoms. The molecule has 0 spiro atoms. The van der Waals surface area contributed by atoms with Gasteiger partial charge in [-0.2, -0.15) is 0 Å². The molecule has 4 fully saturated rings. The van der Waals surface area contributed by atoms with Crippen LogP contribution in [0.2, 0.25) is 0 Å². The average molecular weight is 452 g/mol. The predicted molar refractivity (Wildman–Crippen MR) is 122 cm³/mol. The summed E-state index contributed by atoms with van der Waals surface area (Å²) < 4.78 is 0. The molecule has 11 atom stereocenters. The number of carbonyl (C=O) groups is 1. The molecule has 6 heteroatoms. The van der Waals surface area contributed by atoms with E-state index in [4.69, 9.17) is 5.11 Å². The summed E-state index contributed by atoms with van der Waals surface area (Å²) in [4.78, 5) is 12.0. The molecule has 4 rings (SSSR count). The summed E-state index contributed by atoms with van der Waals surface area (Å²) in [5, 5.41) is 44.8. The van der Waals surface area contributed by atoms with Crippen molar-refractivity contribution in [3.05, 3.63) is 0 Å². The van der Waals surface area contributed by atoms with Crippen LogP contribution in [0.3, 0.4) is 0 Å². The van der Waals surface area contributed by atoms with E-state index in [9.17, 15) is 20.1 Å². The Hall–Kier alpha value is -0.690. The molecular weight excluding hydrogens is 406 g/mol. The predicted octanol–water partition coefficient (Wildman–Crippen LogP) is 2.47. The second kappa shape index (κ2) is 9.16. The Labute approximate surface area is 193 Å². The largest absolute Gasteiger partial charge is 0.395 e. The zero-order chi connectivity index (χ0) is 23.3. The minimum absolute atomic E-state index is 0.0176. The summed E-state index contributed by atoms with van der Waals surface area (Å²) >= 11 is 0. The van der Waals surface area contributed by atoms with Gasteiger partial charge in [-0.25, -0.2) is 0 Å². The fourth-order valence-electron chi connectivity index (χ4n) is 8.98. The number of hydrogen-bond donors (Lipinski definition) is 5. The molecule has 0 bridgehead atoms. The van der Waals surface area contributed by atoms with Crippen LogP contribution in [0.5, 0.6) is 0 Å². The van der Waals surface area contributed by atoms with E-state index in [2.05, 4.69) is 26.1 Å². The lowest BCUT2D eigenvalue weighted by molar-refractivity contribution is -0.207. The molecule has 0 radical (unpaired) electrons. The highest BCUT2D eigenvalue weighted by molar-refractivity contribution is 5.75. The van der Waals surface area contributed by atoms with Crippen LogP contribution in [0.25, 0.3) is 0 Å². The van der Waals surface area contributed by atoms with E-state index < -0.39 is 0 Å². The van der Waals surface area contributed by atoms with Gasteiger partial charge in [0.1, 0.15) is 0 Å². The maximum atomic E-state index is 12.0. The van der Waals surface area contributed by atoms with E-state index in [1.54, 1.807) is 0 Å². The van der Waals surface area contributed by atoms with Gasteiger partial charge in [-0.15, -0.1) is 0 Å². The Bertz CT molecular complexity index is 687. The molecule has 0 aromatic heterocycles. The molecule has 0 aromatic rings. The Morgan fingerprint density at radius 1 is 1.06 bits per heavy atom. The summed E-state index contributed by atoms with van der Waals surface area (Å²) in [5.41, 5.74) is -0.125. The van der Waals surface area contributed by atoms with Gasteiger partial charge in [0.25, 0.3) is 0 Å². The number of fused-ring (bicyclic) bond motifs is 5. The van der Waals surface area contributed by atoms with E-state index in [0.717, 1.165) is 51.4 Å². The first-order valence-corrected chi connectivity index (χ1v) is 13.0. The summed E-state index contributed by atoms with van der Waals surface area (Å²) in [6, 6.07) is 0. The van der Waals surface area contributed by atoms with Crippen LogP contribution in [0.4, 0.5) is 0 Å². The lowest BCUT2D eigenvalue weighted by Crippen LogP contribution is -2.62.